The first-order valence-corrected chi connectivity index (χ1v) is 9.89. The van der Waals surface area contributed by atoms with Crippen LogP contribution in [-0.2, 0) is 16.4 Å². The van der Waals surface area contributed by atoms with Gasteiger partial charge in [-0.1, -0.05) is 6.07 Å². The average Bonchev–Trinajstić information content (AvgIpc) is 3.18. The Balaban J connectivity index is 1.62. The highest BCUT2D eigenvalue weighted by atomic mass is 32.2. The molecule has 0 radical (unpaired) electrons. The number of thiophene rings is 1. The molecule has 1 aromatic carbocycles. The van der Waals surface area contributed by atoms with E-state index in [4.69, 9.17) is 0 Å². The first-order valence-electron chi connectivity index (χ1n) is 7.46. The van der Waals surface area contributed by atoms with Crippen LogP contribution in [0, 0.1) is 0 Å². The lowest BCUT2D eigenvalue weighted by Crippen LogP contribution is -2.27. The number of hydrogen-bond acceptors (Lipinski definition) is 4. The molecule has 23 heavy (non-hydrogen) atoms. The van der Waals surface area contributed by atoms with Gasteiger partial charge in [0.15, 0.2) is 0 Å². The zero-order chi connectivity index (χ0) is 16.3. The minimum atomic E-state index is -3.54. The van der Waals surface area contributed by atoms with Crippen molar-refractivity contribution in [3.05, 3.63) is 52.2 Å². The molecule has 1 aliphatic carbocycles. The number of amides is 1. The zero-order valence-electron chi connectivity index (χ0n) is 12.5. The van der Waals surface area contributed by atoms with E-state index in [1.165, 1.54) is 17.7 Å². The molecule has 5 nitrogen and oxygen atoms in total. The summed E-state index contributed by atoms with van der Waals surface area (Å²) >= 11 is 1.62. The van der Waals surface area contributed by atoms with Crippen LogP contribution in [0.5, 0.6) is 0 Å². The van der Waals surface area contributed by atoms with Crippen LogP contribution in [0.15, 0.2) is 46.0 Å². The Morgan fingerprint density at radius 3 is 2.78 bits per heavy atom. The largest absolute Gasteiger partial charge is 0.352 e. The van der Waals surface area contributed by atoms with Gasteiger partial charge in [-0.25, -0.2) is 13.1 Å². The van der Waals surface area contributed by atoms with E-state index in [0.717, 1.165) is 19.3 Å². The minimum Gasteiger partial charge on any atom is -0.352 e. The van der Waals surface area contributed by atoms with Crippen molar-refractivity contribution in [3.63, 3.8) is 0 Å². The van der Waals surface area contributed by atoms with Gasteiger partial charge in [-0.3, -0.25) is 4.79 Å². The van der Waals surface area contributed by atoms with Crippen LogP contribution >= 0.6 is 11.3 Å². The van der Waals surface area contributed by atoms with Gasteiger partial charge >= 0.3 is 0 Å². The standard InChI is InChI=1S/C16H18N2O3S2/c19-16(17-8-6-12-7-9-22-11-12)13-2-1-3-15(10-13)23(20,21)18-14-4-5-14/h1-3,7,9-11,14,18H,4-6,8H2,(H,17,19). The van der Waals surface area contributed by atoms with E-state index in [1.54, 1.807) is 23.5 Å². The van der Waals surface area contributed by atoms with Crippen LogP contribution in [0.4, 0.5) is 0 Å². The van der Waals surface area contributed by atoms with Crippen molar-refractivity contribution >= 4 is 27.3 Å². The van der Waals surface area contributed by atoms with Gasteiger partial charge in [-0.05, 0) is 59.9 Å². The van der Waals surface area contributed by atoms with Crippen molar-refractivity contribution in [3.8, 4) is 0 Å². The maximum Gasteiger partial charge on any atom is 0.251 e. The van der Waals surface area contributed by atoms with E-state index in [2.05, 4.69) is 10.0 Å². The Kier molecular flexibility index (Phi) is 4.79. The van der Waals surface area contributed by atoms with E-state index in [1.807, 2.05) is 16.8 Å². The van der Waals surface area contributed by atoms with Crippen molar-refractivity contribution in [1.82, 2.24) is 10.0 Å². The number of rotatable bonds is 7. The highest BCUT2D eigenvalue weighted by molar-refractivity contribution is 7.89. The topological polar surface area (TPSA) is 75.3 Å². The molecular formula is C16H18N2O3S2. The van der Waals surface area contributed by atoms with Gasteiger partial charge in [-0.2, -0.15) is 11.3 Å². The summed E-state index contributed by atoms with van der Waals surface area (Å²) in [6.07, 6.45) is 2.51. The Morgan fingerprint density at radius 2 is 2.09 bits per heavy atom. The Labute approximate surface area is 139 Å². The predicted molar refractivity (Wildman–Crippen MR) is 90.1 cm³/mol. The zero-order valence-corrected chi connectivity index (χ0v) is 14.1. The smallest absolute Gasteiger partial charge is 0.251 e. The lowest BCUT2D eigenvalue weighted by Gasteiger charge is -2.08. The third-order valence-corrected chi connectivity index (χ3v) is 5.84. The van der Waals surface area contributed by atoms with Gasteiger partial charge < -0.3 is 5.32 Å². The van der Waals surface area contributed by atoms with Crippen LogP contribution < -0.4 is 10.0 Å². The summed E-state index contributed by atoms with van der Waals surface area (Å²) in [5.74, 6) is -0.260. The SMILES string of the molecule is O=C(NCCc1ccsc1)c1cccc(S(=O)(=O)NC2CC2)c1. The summed E-state index contributed by atoms with van der Waals surface area (Å²) < 4.78 is 27.0. The normalized spacial score (nSPS) is 14.6. The third-order valence-electron chi connectivity index (χ3n) is 3.59. The minimum absolute atomic E-state index is 0.0445. The lowest BCUT2D eigenvalue weighted by atomic mass is 10.2. The third kappa shape index (κ3) is 4.40. The molecule has 122 valence electrons. The molecule has 0 spiro atoms. The number of carbonyl (C=O) groups is 1. The number of benzene rings is 1. The molecule has 1 heterocycles. The number of hydrogen-bond donors (Lipinski definition) is 2. The number of carbonyl (C=O) groups excluding carboxylic acids is 1. The van der Waals surface area contributed by atoms with Crippen molar-refractivity contribution in [2.75, 3.05) is 6.54 Å². The quantitative estimate of drug-likeness (QED) is 0.803. The first kappa shape index (κ1) is 16.2. The van der Waals surface area contributed by atoms with E-state index in [9.17, 15) is 13.2 Å². The van der Waals surface area contributed by atoms with Gasteiger partial charge in [0.2, 0.25) is 10.0 Å². The van der Waals surface area contributed by atoms with Gasteiger partial charge in [0.25, 0.3) is 5.91 Å². The van der Waals surface area contributed by atoms with E-state index >= 15 is 0 Å². The van der Waals surface area contributed by atoms with Crippen molar-refractivity contribution in [1.29, 1.82) is 0 Å². The first-order chi connectivity index (χ1) is 11.0. The molecule has 7 heteroatoms. The summed E-state index contributed by atoms with van der Waals surface area (Å²) in [5, 5.41) is 6.86. The van der Waals surface area contributed by atoms with Crippen molar-refractivity contribution in [2.24, 2.45) is 0 Å². The number of sulfonamides is 1. The summed E-state index contributed by atoms with van der Waals surface area (Å²) in [4.78, 5) is 12.3. The average molecular weight is 350 g/mol. The van der Waals surface area contributed by atoms with Crippen LogP contribution in [0.3, 0.4) is 0 Å². The maximum atomic E-state index is 12.2. The Bertz CT molecular complexity index is 781. The summed E-state index contributed by atoms with van der Waals surface area (Å²) in [7, 11) is -3.54. The summed E-state index contributed by atoms with van der Waals surface area (Å²) in [6, 6.07) is 8.21. The molecule has 3 rings (SSSR count). The second-order valence-electron chi connectivity index (χ2n) is 5.56. The Hall–Kier alpha value is -1.70. The second kappa shape index (κ2) is 6.82. The molecule has 2 aromatic rings. The maximum absolute atomic E-state index is 12.2. The fourth-order valence-electron chi connectivity index (χ4n) is 2.15. The Morgan fingerprint density at radius 1 is 1.26 bits per heavy atom. The van der Waals surface area contributed by atoms with Crippen molar-refractivity contribution in [2.45, 2.75) is 30.2 Å². The molecule has 0 bridgehead atoms. The van der Waals surface area contributed by atoms with Gasteiger partial charge in [0, 0.05) is 18.2 Å². The molecule has 2 N–H and O–H groups in total. The van der Waals surface area contributed by atoms with Crippen LogP contribution in [0.25, 0.3) is 0 Å². The lowest BCUT2D eigenvalue weighted by molar-refractivity contribution is 0.0954. The number of nitrogens with one attached hydrogen (secondary N) is 2. The second-order valence-corrected chi connectivity index (χ2v) is 8.05. The predicted octanol–water partition coefficient (Wildman–Crippen LogP) is 2.16. The van der Waals surface area contributed by atoms with E-state index < -0.39 is 10.0 Å². The van der Waals surface area contributed by atoms with Gasteiger partial charge in [0.1, 0.15) is 0 Å². The van der Waals surface area contributed by atoms with Gasteiger partial charge in [0.05, 0.1) is 4.90 Å². The van der Waals surface area contributed by atoms with Gasteiger partial charge in [-0.15, -0.1) is 0 Å². The monoisotopic (exact) mass is 350 g/mol. The fraction of sp³-hybridized carbons (Fsp3) is 0.312. The fourth-order valence-corrected chi connectivity index (χ4v) is 4.20. The highest BCUT2D eigenvalue weighted by Gasteiger charge is 2.28. The highest BCUT2D eigenvalue weighted by Crippen LogP contribution is 2.22. The molecule has 0 unspecified atom stereocenters. The molecule has 0 aliphatic heterocycles. The van der Waals surface area contributed by atoms with Crippen LogP contribution in [-0.4, -0.2) is 26.9 Å². The van der Waals surface area contributed by atoms with Crippen LogP contribution in [0.2, 0.25) is 0 Å². The van der Waals surface area contributed by atoms with Crippen molar-refractivity contribution < 1.29 is 13.2 Å². The summed E-state index contributed by atoms with van der Waals surface area (Å²) in [6.45, 7) is 0.521. The van der Waals surface area contributed by atoms with E-state index in [-0.39, 0.29) is 16.8 Å². The molecule has 0 atom stereocenters. The molecular weight excluding hydrogens is 332 g/mol. The molecule has 1 amide bonds. The molecule has 0 saturated heterocycles. The molecule has 1 aromatic heterocycles. The molecule has 1 aliphatic rings. The van der Waals surface area contributed by atoms with Crippen LogP contribution in [0.1, 0.15) is 28.8 Å². The molecule has 1 fully saturated rings. The van der Waals surface area contributed by atoms with E-state index in [0.29, 0.717) is 12.1 Å². The molecule has 1 saturated carbocycles. The summed E-state index contributed by atoms with van der Waals surface area (Å²) in [5.41, 5.74) is 1.54.